The van der Waals surface area contributed by atoms with Crippen molar-refractivity contribution in [1.29, 1.82) is 0 Å². The highest BCUT2D eigenvalue weighted by atomic mass is 32.2. The van der Waals surface area contributed by atoms with Crippen LogP contribution < -0.4 is 29.0 Å². The molecule has 2 rings (SSSR count). The molecule has 38 heavy (non-hydrogen) atoms. The lowest BCUT2D eigenvalue weighted by Crippen LogP contribution is -2.33. The van der Waals surface area contributed by atoms with Crippen LogP contribution in [0.5, 0.6) is 23.0 Å². The van der Waals surface area contributed by atoms with Crippen LogP contribution in [-0.2, 0) is 27.7 Å². The Morgan fingerprint density at radius 1 is 1.00 bits per heavy atom. The summed E-state index contributed by atoms with van der Waals surface area (Å²) in [6.07, 6.45) is 5.13. The monoisotopic (exact) mass is 548 g/mol. The van der Waals surface area contributed by atoms with Crippen molar-refractivity contribution >= 4 is 21.8 Å². The molecule has 0 heterocycles. The van der Waals surface area contributed by atoms with Crippen molar-refractivity contribution in [1.82, 2.24) is 10.0 Å². The van der Waals surface area contributed by atoms with Gasteiger partial charge in [-0.25, -0.2) is 8.42 Å². The molecule has 0 radical (unpaired) electrons. The number of rotatable bonds is 16. The van der Waals surface area contributed by atoms with Crippen molar-refractivity contribution in [2.75, 3.05) is 40.2 Å². The second-order valence-corrected chi connectivity index (χ2v) is 10.1. The summed E-state index contributed by atoms with van der Waals surface area (Å²) in [5, 5.41) is 2.60. The fourth-order valence-electron chi connectivity index (χ4n) is 3.74. The van der Waals surface area contributed by atoms with Gasteiger partial charge in [-0.05, 0) is 37.1 Å². The zero-order chi connectivity index (χ0) is 28.1. The van der Waals surface area contributed by atoms with Crippen molar-refractivity contribution in [3.63, 3.8) is 0 Å². The first-order chi connectivity index (χ1) is 18.1. The molecule has 0 atom stereocenters. The predicted molar refractivity (Wildman–Crippen MR) is 145 cm³/mol. The first kappa shape index (κ1) is 30.5. The van der Waals surface area contributed by atoms with Crippen LogP contribution in [0.2, 0.25) is 0 Å². The van der Waals surface area contributed by atoms with Gasteiger partial charge in [0, 0.05) is 24.6 Å². The van der Waals surface area contributed by atoms with E-state index in [-0.39, 0.29) is 5.91 Å². The van der Waals surface area contributed by atoms with E-state index < -0.39 is 22.5 Å². The van der Waals surface area contributed by atoms with Crippen molar-refractivity contribution in [2.45, 2.75) is 32.6 Å². The third-order valence-corrected chi connectivity index (χ3v) is 5.89. The Morgan fingerprint density at radius 2 is 1.63 bits per heavy atom. The third-order valence-electron chi connectivity index (χ3n) is 5.29. The number of methoxy groups -OCH3 is 1. The number of nitrogens with one attached hydrogen (secondary N) is 2. The predicted octanol–water partition coefficient (Wildman–Crippen LogP) is 3.04. The Kier molecular flexibility index (Phi) is 11.9. The Morgan fingerprint density at radius 3 is 2.18 bits per heavy atom. The quantitative estimate of drug-likeness (QED) is 0.242. The normalized spacial score (nSPS) is 10.8. The number of hydrogen-bond donors (Lipinski definition) is 2. The maximum absolute atomic E-state index is 12.2. The van der Waals surface area contributed by atoms with E-state index in [0.717, 1.165) is 23.8 Å². The SMILES string of the molecule is C=CCc1c(OCCCOc2cccc(OCC(=O)NS(C)(=O)=O)c2CCC)ccc(C(=O)NC)c1OC. The zero-order valence-corrected chi connectivity index (χ0v) is 23.1. The molecule has 0 spiro atoms. The Hall–Kier alpha value is -3.73. The van der Waals surface area contributed by atoms with Crippen LogP contribution in [0.25, 0.3) is 0 Å². The first-order valence-corrected chi connectivity index (χ1v) is 14.1. The molecule has 2 amide bonds. The molecular weight excluding hydrogens is 512 g/mol. The molecule has 0 aliphatic heterocycles. The Balaban J connectivity index is 2.03. The molecule has 0 saturated carbocycles. The molecule has 208 valence electrons. The summed E-state index contributed by atoms with van der Waals surface area (Å²) in [5.74, 6) is 1.12. The van der Waals surface area contributed by atoms with Crippen LogP contribution >= 0.6 is 0 Å². The number of allylic oxidation sites excluding steroid dienone is 1. The van der Waals surface area contributed by atoms with Gasteiger partial charge in [-0.3, -0.25) is 14.3 Å². The van der Waals surface area contributed by atoms with Crippen LogP contribution in [0.15, 0.2) is 43.0 Å². The maximum Gasteiger partial charge on any atom is 0.271 e. The maximum atomic E-state index is 12.2. The second kappa shape index (κ2) is 14.9. The smallest absolute Gasteiger partial charge is 0.271 e. The van der Waals surface area contributed by atoms with Gasteiger partial charge in [0.15, 0.2) is 6.61 Å². The van der Waals surface area contributed by atoms with E-state index in [1.165, 1.54) is 7.11 Å². The standard InChI is InChI=1S/C27H36N2O8S/c1-6-10-19-22(12-8-13-23(19)37-18-25(30)29-38(5,32)33)35-16-9-17-36-24-15-14-21(27(31)28-3)26(34-4)20(24)11-7-2/h7-8,12-15H,2,6,9-11,16-18H2,1,3-5H3,(H,28,31)(H,29,30). The van der Waals surface area contributed by atoms with E-state index >= 15 is 0 Å². The minimum atomic E-state index is -3.66. The lowest BCUT2D eigenvalue weighted by atomic mass is 10.0. The van der Waals surface area contributed by atoms with Crippen molar-refractivity contribution in [3.8, 4) is 23.0 Å². The van der Waals surface area contributed by atoms with E-state index in [1.54, 1.807) is 37.4 Å². The van der Waals surface area contributed by atoms with Crippen LogP contribution in [0.4, 0.5) is 0 Å². The van der Waals surface area contributed by atoms with E-state index in [4.69, 9.17) is 18.9 Å². The number of carbonyl (C=O) groups excluding carboxylic acids is 2. The molecular formula is C27H36N2O8S. The van der Waals surface area contributed by atoms with Crippen molar-refractivity contribution in [3.05, 3.63) is 59.7 Å². The highest BCUT2D eigenvalue weighted by Crippen LogP contribution is 2.33. The summed E-state index contributed by atoms with van der Waals surface area (Å²) in [6, 6.07) is 8.68. The van der Waals surface area contributed by atoms with Crippen LogP contribution in [-0.4, -0.2) is 60.5 Å². The molecule has 11 heteroatoms. The summed E-state index contributed by atoms with van der Waals surface area (Å²) in [4.78, 5) is 24.0. The van der Waals surface area contributed by atoms with Gasteiger partial charge >= 0.3 is 0 Å². The molecule has 2 aromatic rings. The number of carbonyl (C=O) groups is 2. The fourth-order valence-corrected chi connectivity index (χ4v) is 4.22. The van der Waals surface area contributed by atoms with Gasteiger partial charge in [0.25, 0.3) is 11.8 Å². The van der Waals surface area contributed by atoms with E-state index in [1.807, 2.05) is 17.7 Å². The van der Waals surface area contributed by atoms with Gasteiger partial charge < -0.3 is 24.3 Å². The van der Waals surface area contributed by atoms with E-state index in [0.29, 0.717) is 61.0 Å². The topological polar surface area (TPSA) is 129 Å². The molecule has 0 unspecified atom stereocenters. The Labute approximate surface area is 224 Å². The minimum Gasteiger partial charge on any atom is -0.495 e. The number of sulfonamides is 1. The first-order valence-electron chi connectivity index (χ1n) is 12.2. The zero-order valence-electron chi connectivity index (χ0n) is 22.3. The summed E-state index contributed by atoms with van der Waals surface area (Å²) in [5.41, 5.74) is 1.95. The molecule has 0 bridgehead atoms. The summed E-state index contributed by atoms with van der Waals surface area (Å²) in [7, 11) is -0.589. The van der Waals surface area contributed by atoms with Gasteiger partial charge in [0.1, 0.15) is 23.0 Å². The van der Waals surface area contributed by atoms with Gasteiger partial charge in [0.2, 0.25) is 10.0 Å². The third kappa shape index (κ3) is 8.98. The highest BCUT2D eigenvalue weighted by molar-refractivity contribution is 7.89. The summed E-state index contributed by atoms with van der Waals surface area (Å²) >= 11 is 0. The van der Waals surface area contributed by atoms with Crippen LogP contribution in [0.1, 0.15) is 41.3 Å². The van der Waals surface area contributed by atoms with Gasteiger partial charge in [0.05, 0.1) is 32.1 Å². The molecule has 0 fully saturated rings. The van der Waals surface area contributed by atoms with Crippen LogP contribution in [0, 0.1) is 0 Å². The molecule has 2 N–H and O–H groups in total. The average molecular weight is 549 g/mol. The summed E-state index contributed by atoms with van der Waals surface area (Å²) in [6.45, 7) is 6.08. The molecule has 0 saturated heterocycles. The summed E-state index contributed by atoms with van der Waals surface area (Å²) < 4.78 is 47.4. The number of amides is 2. The van der Waals surface area contributed by atoms with Crippen LogP contribution in [0.3, 0.4) is 0 Å². The molecule has 0 aromatic heterocycles. The average Bonchev–Trinajstić information content (AvgIpc) is 2.87. The van der Waals surface area contributed by atoms with E-state index in [2.05, 4.69) is 11.9 Å². The van der Waals surface area contributed by atoms with Gasteiger partial charge in [-0.15, -0.1) is 6.58 Å². The van der Waals surface area contributed by atoms with Crippen molar-refractivity contribution < 1.29 is 37.0 Å². The lowest BCUT2D eigenvalue weighted by molar-refractivity contribution is -0.121. The van der Waals surface area contributed by atoms with E-state index in [9.17, 15) is 18.0 Å². The molecule has 0 aliphatic carbocycles. The molecule has 2 aromatic carbocycles. The highest BCUT2D eigenvalue weighted by Gasteiger charge is 2.19. The second-order valence-electron chi connectivity index (χ2n) is 8.31. The molecule has 10 nitrogen and oxygen atoms in total. The largest absolute Gasteiger partial charge is 0.495 e. The fraction of sp³-hybridized carbons (Fsp3) is 0.407. The van der Waals surface area contributed by atoms with Crippen molar-refractivity contribution in [2.24, 2.45) is 0 Å². The number of hydrogen-bond acceptors (Lipinski definition) is 8. The lowest BCUT2D eigenvalue weighted by Gasteiger charge is -2.18. The number of ether oxygens (including phenoxy) is 4. The van der Waals surface area contributed by atoms with Gasteiger partial charge in [-0.2, -0.15) is 0 Å². The molecule has 0 aliphatic rings. The number of benzene rings is 2. The Bertz CT molecular complexity index is 1230. The van der Waals surface area contributed by atoms with Gasteiger partial charge in [-0.1, -0.05) is 25.5 Å². The minimum absolute atomic E-state index is 0.253.